The molecule has 0 fully saturated rings. The first-order valence-electron chi connectivity index (χ1n) is 8.00. The van der Waals surface area contributed by atoms with Crippen LogP contribution in [0.3, 0.4) is 0 Å². The molecule has 128 valence electrons. The van der Waals surface area contributed by atoms with Gasteiger partial charge in [-0.25, -0.2) is 9.59 Å². The number of aliphatic carboxylic acids is 1. The Morgan fingerprint density at radius 2 is 1.50 bits per heavy atom. The second kappa shape index (κ2) is 7.95. The summed E-state index contributed by atoms with van der Waals surface area (Å²) in [6.45, 7) is 17.2. The summed E-state index contributed by atoms with van der Waals surface area (Å²) in [5.74, 6) is -1.17. The molecule has 0 unspecified atom stereocenters. The zero-order chi connectivity index (χ0) is 17.7. The molecule has 0 aliphatic carbocycles. The van der Waals surface area contributed by atoms with Gasteiger partial charge in [0.25, 0.3) is 8.32 Å². The fraction of sp³-hybridized carbons (Fsp3) is 0.765. The zero-order valence-electron chi connectivity index (χ0n) is 15.3. The Hall–Kier alpha value is -1.10. The number of carboxylic acids is 1. The van der Waals surface area contributed by atoms with Crippen molar-refractivity contribution in [2.45, 2.75) is 77.9 Å². The maximum absolute atomic E-state index is 12.2. The number of carbonyl (C=O) groups is 2. The molecule has 0 atom stereocenters. The first-order chi connectivity index (χ1) is 9.86. The van der Waals surface area contributed by atoms with E-state index in [1.54, 1.807) is 0 Å². The monoisotopic (exact) mass is 328 g/mol. The van der Waals surface area contributed by atoms with Crippen LogP contribution in [0.4, 0.5) is 0 Å². The molecule has 1 N–H and O–H groups in total. The van der Waals surface area contributed by atoms with Crippen molar-refractivity contribution < 1.29 is 19.1 Å². The van der Waals surface area contributed by atoms with E-state index >= 15 is 0 Å². The molecular weight excluding hydrogens is 296 g/mol. The van der Waals surface area contributed by atoms with E-state index in [2.05, 4.69) is 55.4 Å². The minimum atomic E-state index is -2.47. The van der Waals surface area contributed by atoms with Crippen LogP contribution in [0.5, 0.6) is 0 Å². The molecule has 0 spiro atoms. The summed E-state index contributed by atoms with van der Waals surface area (Å²) in [7, 11) is -2.47. The number of carboxylic acid groups (broad SMARTS) is 1. The minimum Gasteiger partial charge on any atom is -0.515 e. The Labute approximate surface area is 136 Å². The largest absolute Gasteiger partial charge is 0.515 e. The average molecular weight is 329 g/mol. The first kappa shape index (κ1) is 20.9. The molecule has 0 saturated carbocycles. The van der Waals surface area contributed by atoms with E-state index in [4.69, 9.17) is 9.53 Å². The summed E-state index contributed by atoms with van der Waals surface area (Å²) in [5, 5.41) is 8.59. The van der Waals surface area contributed by atoms with E-state index in [1.165, 1.54) is 0 Å². The maximum atomic E-state index is 12.2. The third kappa shape index (κ3) is 4.97. The van der Waals surface area contributed by atoms with Crippen molar-refractivity contribution in [3.05, 3.63) is 12.2 Å². The fourth-order valence-corrected chi connectivity index (χ4v) is 10.5. The Morgan fingerprint density at radius 3 is 1.82 bits per heavy atom. The van der Waals surface area contributed by atoms with Gasteiger partial charge < -0.3 is 9.53 Å². The summed E-state index contributed by atoms with van der Waals surface area (Å²) in [5.41, 5.74) is 0.506. The molecule has 0 aromatic heterocycles. The van der Waals surface area contributed by atoms with Gasteiger partial charge in [0, 0.05) is 12.2 Å². The van der Waals surface area contributed by atoms with Crippen LogP contribution >= 0.6 is 0 Å². The Balaban J connectivity index is 5.71. The Bertz CT molecular complexity index is 414. The second-order valence-electron chi connectivity index (χ2n) is 7.68. The molecule has 0 aromatic rings. The van der Waals surface area contributed by atoms with Crippen LogP contribution in [0, 0.1) is 5.92 Å². The fourth-order valence-electron chi connectivity index (χ4n) is 4.12. The van der Waals surface area contributed by atoms with E-state index < -0.39 is 20.3 Å². The summed E-state index contributed by atoms with van der Waals surface area (Å²) in [4.78, 5) is 22.8. The number of hydrogen-bond donors (Lipinski definition) is 1. The van der Waals surface area contributed by atoms with Crippen molar-refractivity contribution in [3.63, 3.8) is 0 Å². The summed E-state index contributed by atoms with van der Waals surface area (Å²) < 4.78 is 6.03. The molecule has 0 amide bonds. The summed E-state index contributed by atoms with van der Waals surface area (Å²) in [6.07, 6.45) is 2.85. The average Bonchev–Trinajstić information content (AvgIpc) is 2.30. The number of hydrogen-bond acceptors (Lipinski definition) is 3. The van der Waals surface area contributed by atoms with Gasteiger partial charge in [-0.1, -0.05) is 55.4 Å². The van der Waals surface area contributed by atoms with Crippen molar-refractivity contribution in [1.82, 2.24) is 0 Å². The van der Waals surface area contributed by atoms with E-state index in [9.17, 15) is 9.59 Å². The predicted octanol–water partition coefficient (Wildman–Crippen LogP) is 4.76. The van der Waals surface area contributed by atoms with Gasteiger partial charge in [0.1, 0.15) is 0 Å². The third-order valence-electron chi connectivity index (χ3n) is 4.32. The van der Waals surface area contributed by atoms with E-state index in [-0.39, 0.29) is 16.1 Å². The van der Waals surface area contributed by atoms with Gasteiger partial charge in [0.2, 0.25) is 0 Å². The molecule has 0 rings (SSSR count). The lowest BCUT2D eigenvalue weighted by molar-refractivity contribution is -0.133. The topological polar surface area (TPSA) is 63.6 Å². The second-order valence-corrected chi connectivity index (χ2v) is 13.1. The van der Waals surface area contributed by atoms with Crippen molar-refractivity contribution in [2.75, 3.05) is 0 Å². The van der Waals surface area contributed by atoms with Gasteiger partial charge in [0.05, 0.1) is 0 Å². The molecule has 0 bridgehead atoms. The van der Waals surface area contributed by atoms with Gasteiger partial charge in [0.15, 0.2) is 0 Å². The highest BCUT2D eigenvalue weighted by Crippen LogP contribution is 2.54. The van der Waals surface area contributed by atoms with Gasteiger partial charge in [-0.15, -0.1) is 0 Å². The van der Waals surface area contributed by atoms with Crippen LogP contribution in [0.1, 0.15) is 61.8 Å². The summed E-state index contributed by atoms with van der Waals surface area (Å²) >= 11 is 0. The van der Waals surface area contributed by atoms with E-state index in [1.807, 2.05) is 0 Å². The molecule has 0 radical (unpaired) electrons. The number of rotatable bonds is 8. The highest BCUT2D eigenvalue weighted by Gasteiger charge is 2.56. The van der Waals surface area contributed by atoms with E-state index in [0.717, 1.165) is 18.6 Å². The van der Waals surface area contributed by atoms with Crippen molar-refractivity contribution in [2.24, 2.45) is 5.92 Å². The SMILES string of the molecule is CC(C)CC(C)(C)[Si](OC(=O)/C=C\C(=O)O)(C(C)C)C(C)C. The molecule has 5 heteroatoms. The number of carbonyl (C=O) groups excluding carboxylic acids is 1. The highest BCUT2D eigenvalue weighted by atomic mass is 28.4. The Morgan fingerprint density at radius 1 is 1.05 bits per heavy atom. The maximum Gasteiger partial charge on any atom is 0.328 e. The molecule has 0 aromatic carbocycles. The molecule has 22 heavy (non-hydrogen) atoms. The molecule has 0 aliphatic rings. The quantitative estimate of drug-likeness (QED) is 0.515. The van der Waals surface area contributed by atoms with Gasteiger partial charge in [-0.2, -0.15) is 0 Å². The molecule has 0 saturated heterocycles. The van der Waals surface area contributed by atoms with Crippen molar-refractivity contribution in [1.29, 1.82) is 0 Å². The van der Waals surface area contributed by atoms with Gasteiger partial charge in [-0.3, -0.25) is 0 Å². The van der Waals surface area contributed by atoms with Crippen LogP contribution in [0.25, 0.3) is 0 Å². The van der Waals surface area contributed by atoms with Crippen LogP contribution in [-0.4, -0.2) is 25.4 Å². The third-order valence-corrected chi connectivity index (χ3v) is 10.6. The van der Waals surface area contributed by atoms with Crippen LogP contribution in [0.15, 0.2) is 12.2 Å². The lowest BCUT2D eigenvalue weighted by Crippen LogP contribution is -2.55. The van der Waals surface area contributed by atoms with Crippen molar-refractivity contribution >= 4 is 20.3 Å². The molecular formula is C17H32O4Si. The molecule has 0 aliphatic heterocycles. The van der Waals surface area contributed by atoms with Crippen molar-refractivity contribution in [3.8, 4) is 0 Å². The van der Waals surface area contributed by atoms with Crippen LogP contribution < -0.4 is 0 Å². The van der Waals surface area contributed by atoms with E-state index in [0.29, 0.717) is 5.92 Å². The first-order valence-corrected chi connectivity index (χ1v) is 10.1. The summed E-state index contributed by atoms with van der Waals surface area (Å²) in [6, 6.07) is 0. The Kier molecular flexibility index (Phi) is 7.55. The smallest absolute Gasteiger partial charge is 0.328 e. The lowest BCUT2D eigenvalue weighted by Gasteiger charge is -2.49. The molecule has 0 heterocycles. The standard InChI is InChI=1S/C17H32O4Si/c1-12(2)11-17(7,8)22(13(3)4,14(5)6)21-16(20)10-9-15(18)19/h9-10,12-14H,11H2,1-8H3,(H,18,19)/b10-9-. The minimum absolute atomic E-state index is 0.0871. The van der Waals surface area contributed by atoms with Crippen LogP contribution in [0.2, 0.25) is 16.1 Å². The van der Waals surface area contributed by atoms with Gasteiger partial charge >= 0.3 is 11.9 Å². The van der Waals surface area contributed by atoms with Gasteiger partial charge in [-0.05, 0) is 28.5 Å². The lowest BCUT2D eigenvalue weighted by atomic mass is 10.00. The molecule has 4 nitrogen and oxygen atoms in total. The zero-order valence-corrected chi connectivity index (χ0v) is 16.3. The normalized spacial score (nSPS) is 13.4. The predicted molar refractivity (Wildman–Crippen MR) is 92.3 cm³/mol. The highest BCUT2D eigenvalue weighted by molar-refractivity contribution is 6.80. The van der Waals surface area contributed by atoms with Crippen LogP contribution in [-0.2, 0) is 14.0 Å².